The Morgan fingerprint density at radius 3 is 2.73 bits per heavy atom. The number of hydrogen-bond donors (Lipinski definition) is 1. The van der Waals surface area contributed by atoms with Crippen molar-refractivity contribution in [3.63, 3.8) is 0 Å². The third-order valence-corrected chi connectivity index (χ3v) is 1.62. The monoisotopic (exact) mass is 207 g/mol. The molecule has 0 atom stereocenters. The molecule has 0 saturated heterocycles. The van der Waals surface area contributed by atoms with Gasteiger partial charge in [0.05, 0.1) is 6.34 Å². The highest BCUT2D eigenvalue weighted by atomic mass is 16.1. The lowest BCUT2D eigenvalue weighted by atomic mass is 10.2. The van der Waals surface area contributed by atoms with Gasteiger partial charge in [0.25, 0.3) is 0 Å². The molecule has 0 amide bonds. The van der Waals surface area contributed by atoms with Crippen LogP contribution >= 0.6 is 0 Å². The maximum atomic E-state index is 11.3. The van der Waals surface area contributed by atoms with Gasteiger partial charge in [0.15, 0.2) is 11.6 Å². The van der Waals surface area contributed by atoms with Crippen molar-refractivity contribution < 1.29 is 4.79 Å². The molecule has 0 unspecified atom stereocenters. The lowest BCUT2D eigenvalue weighted by Gasteiger charge is -2.05. The van der Waals surface area contributed by atoms with E-state index in [4.69, 9.17) is 5.73 Å². The van der Waals surface area contributed by atoms with E-state index in [0.29, 0.717) is 5.82 Å². The summed E-state index contributed by atoms with van der Waals surface area (Å²) in [5, 5.41) is 0. The van der Waals surface area contributed by atoms with Gasteiger partial charge in [0.1, 0.15) is 17.7 Å². The predicted molar refractivity (Wildman–Crippen MR) is 58.3 cm³/mol. The second kappa shape index (κ2) is 4.50. The van der Waals surface area contributed by atoms with Crippen molar-refractivity contribution in [1.82, 2.24) is 14.9 Å². The second-order valence-electron chi connectivity index (χ2n) is 3.22. The number of nitrogens with zero attached hydrogens (tertiary/aromatic N) is 4. The first kappa shape index (κ1) is 11.1. The first-order chi connectivity index (χ1) is 7.02. The van der Waals surface area contributed by atoms with E-state index in [1.807, 2.05) is 14.1 Å². The van der Waals surface area contributed by atoms with E-state index in [9.17, 15) is 4.79 Å². The van der Waals surface area contributed by atoms with Crippen molar-refractivity contribution >= 4 is 23.8 Å². The van der Waals surface area contributed by atoms with Crippen molar-refractivity contribution in [2.45, 2.75) is 6.92 Å². The Labute approximate surface area is 87.9 Å². The van der Waals surface area contributed by atoms with Gasteiger partial charge in [-0.1, -0.05) is 0 Å². The van der Waals surface area contributed by atoms with E-state index >= 15 is 0 Å². The first-order valence-electron chi connectivity index (χ1n) is 4.34. The van der Waals surface area contributed by atoms with Crippen LogP contribution in [0, 0.1) is 0 Å². The van der Waals surface area contributed by atoms with Crippen LogP contribution in [0.4, 0.5) is 11.6 Å². The molecular weight excluding hydrogens is 194 g/mol. The largest absolute Gasteiger partial charge is 0.383 e. The highest BCUT2D eigenvalue weighted by Crippen LogP contribution is 2.19. The van der Waals surface area contributed by atoms with E-state index in [1.54, 1.807) is 11.2 Å². The van der Waals surface area contributed by atoms with Gasteiger partial charge >= 0.3 is 0 Å². The van der Waals surface area contributed by atoms with Gasteiger partial charge in [-0.05, 0) is 6.92 Å². The molecule has 0 fully saturated rings. The number of Topliss-reactive ketones (excluding diaryl/α,β-unsaturated/α-hetero) is 1. The minimum Gasteiger partial charge on any atom is -0.383 e. The second-order valence-corrected chi connectivity index (χ2v) is 3.22. The molecule has 1 heterocycles. The van der Waals surface area contributed by atoms with E-state index in [-0.39, 0.29) is 17.2 Å². The molecule has 1 rings (SSSR count). The number of aromatic nitrogens is 2. The predicted octanol–water partition coefficient (Wildman–Crippen LogP) is 0.483. The Balaban J connectivity index is 3.17. The first-order valence-corrected chi connectivity index (χ1v) is 4.34. The summed E-state index contributed by atoms with van der Waals surface area (Å²) >= 11 is 0. The van der Waals surface area contributed by atoms with Gasteiger partial charge in [0, 0.05) is 14.1 Å². The van der Waals surface area contributed by atoms with Crippen molar-refractivity contribution in [1.29, 1.82) is 0 Å². The van der Waals surface area contributed by atoms with Gasteiger partial charge in [-0.2, -0.15) is 0 Å². The lowest BCUT2D eigenvalue weighted by Crippen LogP contribution is -2.08. The Bertz CT molecular complexity index is 399. The van der Waals surface area contributed by atoms with Crippen LogP contribution < -0.4 is 5.73 Å². The molecule has 0 spiro atoms. The molecule has 0 bridgehead atoms. The number of carbonyl (C=O) groups is 1. The smallest absolute Gasteiger partial charge is 0.169 e. The zero-order valence-corrected chi connectivity index (χ0v) is 8.93. The zero-order chi connectivity index (χ0) is 11.4. The fraction of sp³-hybridized carbons (Fsp3) is 0.333. The van der Waals surface area contributed by atoms with Crippen LogP contribution in [0.25, 0.3) is 0 Å². The Kier molecular flexibility index (Phi) is 3.33. The van der Waals surface area contributed by atoms with Gasteiger partial charge in [-0.25, -0.2) is 15.0 Å². The number of rotatable bonds is 3. The van der Waals surface area contributed by atoms with E-state index in [1.165, 1.54) is 13.3 Å². The SMILES string of the molecule is CC(=O)c1c(N)ncnc1N=CN(C)C. The molecule has 15 heavy (non-hydrogen) atoms. The summed E-state index contributed by atoms with van der Waals surface area (Å²) in [6, 6.07) is 0. The zero-order valence-electron chi connectivity index (χ0n) is 8.93. The summed E-state index contributed by atoms with van der Waals surface area (Å²) in [7, 11) is 3.64. The molecule has 0 aliphatic heterocycles. The number of nitrogens with two attached hydrogens (primary N) is 1. The quantitative estimate of drug-likeness (QED) is 0.442. The fourth-order valence-electron chi connectivity index (χ4n) is 0.995. The summed E-state index contributed by atoms with van der Waals surface area (Å²) in [5.41, 5.74) is 5.83. The van der Waals surface area contributed by atoms with Crippen molar-refractivity contribution in [3.05, 3.63) is 11.9 Å². The summed E-state index contributed by atoms with van der Waals surface area (Å²) in [6.07, 6.45) is 2.83. The lowest BCUT2D eigenvalue weighted by molar-refractivity contribution is 0.101. The number of hydrogen-bond acceptors (Lipinski definition) is 5. The minimum atomic E-state index is -0.195. The average molecular weight is 207 g/mol. The Morgan fingerprint density at radius 1 is 1.53 bits per heavy atom. The number of anilines is 1. The molecule has 0 aliphatic carbocycles. The maximum absolute atomic E-state index is 11.3. The summed E-state index contributed by atoms with van der Waals surface area (Å²) in [4.78, 5) is 24.7. The molecule has 2 N–H and O–H groups in total. The third-order valence-electron chi connectivity index (χ3n) is 1.62. The number of nitrogen functional groups attached to an aromatic ring is 1. The fourth-order valence-corrected chi connectivity index (χ4v) is 0.995. The minimum absolute atomic E-state index is 0.156. The number of ketones is 1. The van der Waals surface area contributed by atoms with E-state index < -0.39 is 0 Å². The van der Waals surface area contributed by atoms with Gasteiger partial charge < -0.3 is 10.6 Å². The van der Waals surface area contributed by atoms with Crippen LogP contribution in [0.3, 0.4) is 0 Å². The van der Waals surface area contributed by atoms with Crippen molar-refractivity contribution in [2.24, 2.45) is 4.99 Å². The highest BCUT2D eigenvalue weighted by molar-refractivity contribution is 6.02. The number of carbonyl (C=O) groups excluding carboxylic acids is 1. The Hall–Kier alpha value is -1.98. The van der Waals surface area contributed by atoms with Crippen LogP contribution in [0.5, 0.6) is 0 Å². The highest BCUT2D eigenvalue weighted by Gasteiger charge is 2.12. The van der Waals surface area contributed by atoms with Crippen LogP contribution in [0.15, 0.2) is 11.3 Å². The molecule has 0 aromatic carbocycles. The molecule has 80 valence electrons. The molecule has 6 heteroatoms. The van der Waals surface area contributed by atoms with Gasteiger partial charge in [0.2, 0.25) is 0 Å². The molecule has 1 aromatic rings. The topological polar surface area (TPSA) is 84.5 Å². The van der Waals surface area contributed by atoms with Crippen LogP contribution in [-0.2, 0) is 0 Å². The molecule has 0 aliphatic rings. The standard InChI is InChI=1S/C9H13N5O/c1-6(15)7-8(10)11-4-12-9(7)13-5-14(2)3/h4-5H,1-3H3,(H2,10,11,12). The summed E-state index contributed by atoms with van der Waals surface area (Å²) < 4.78 is 0. The molecule has 0 radical (unpaired) electrons. The average Bonchev–Trinajstić information content (AvgIpc) is 2.13. The molecule has 1 aromatic heterocycles. The van der Waals surface area contributed by atoms with Crippen molar-refractivity contribution in [3.8, 4) is 0 Å². The van der Waals surface area contributed by atoms with E-state index in [0.717, 1.165) is 0 Å². The van der Waals surface area contributed by atoms with Gasteiger partial charge in [-0.15, -0.1) is 0 Å². The molecule has 0 saturated carbocycles. The Morgan fingerprint density at radius 2 is 2.20 bits per heavy atom. The summed E-state index contributed by atoms with van der Waals surface area (Å²) in [6.45, 7) is 1.41. The van der Waals surface area contributed by atoms with Crippen LogP contribution in [0.2, 0.25) is 0 Å². The van der Waals surface area contributed by atoms with Gasteiger partial charge in [-0.3, -0.25) is 4.79 Å². The molecule has 6 nitrogen and oxygen atoms in total. The van der Waals surface area contributed by atoms with E-state index in [2.05, 4.69) is 15.0 Å². The molecular formula is C9H13N5O. The van der Waals surface area contributed by atoms with Crippen LogP contribution in [-0.4, -0.2) is 41.1 Å². The number of aliphatic imine (C=N–C) groups is 1. The summed E-state index contributed by atoms with van der Waals surface area (Å²) in [5.74, 6) is 0.256. The van der Waals surface area contributed by atoms with Crippen molar-refractivity contribution in [2.75, 3.05) is 19.8 Å². The third kappa shape index (κ3) is 2.73. The normalized spacial score (nSPS) is 10.6. The maximum Gasteiger partial charge on any atom is 0.169 e. The van der Waals surface area contributed by atoms with Crippen LogP contribution in [0.1, 0.15) is 17.3 Å².